The Morgan fingerprint density at radius 1 is 1.47 bits per heavy atom. The molecular formula is C10H10BrFN4O2S. The molecule has 9 heteroatoms. The third kappa shape index (κ3) is 3.11. The number of nitrogens with one attached hydrogen (secondary N) is 2. The Kier molecular flexibility index (Phi) is 3.88. The predicted molar refractivity (Wildman–Crippen MR) is 71.1 cm³/mol. The van der Waals surface area contributed by atoms with Gasteiger partial charge in [-0.2, -0.15) is 5.10 Å². The van der Waals surface area contributed by atoms with Gasteiger partial charge < -0.3 is 5.73 Å². The van der Waals surface area contributed by atoms with Crippen molar-refractivity contribution >= 4 is 31.6 Å². The molecule has 6 nitrogen and oxygen atoms in total. The highest BCUT2D eigenvalue weighted by Crippen LogP contribution is 2.26. The van der Waals surface area contributed by atoms with Crippen LogP contribution in [-0.2, 0) is 16.6 Å². The number of nitrogens with two attached hydrogens (primary N) is 1. The van der Waals surface area contributed by atoms with Crippen molar-refractivity contribution in [2.45, 2.75) is 11.4 Å². The van der Waals surface area contributed by atoms with Crippen molar-refractivity contribution in [3.05, 3.63) is 40.4 Å². The van der Waals surface area contributed by atoms with E-state index in [4.69, 9.17) is 5.73 Å². The van der Waals surface area contributed by atoms with Crippen LogP contribution in [-0.4, -0.2) is 18.6 Å². The summed E-state index contributed by atoms with van der Waals surface area (Å²) in [5.74, 6) is -0.681. The van der Waals surface area contributed by atoms with Crippen molar-refractivity contribution < 1.29 is 12.8 Å². The van der Waals surface area contributed by atoms with Crippen LogP contribution >= 0.6 is 15.9 Å². The van der Waals surface area contributed by atoms with Gasteiger partial charge in [0, 0.05) is 10.7 Å². The first-order chi connectivity index (χ1) is 8.90. The van der Waals surface area contributed by atoms with E-state index in [0.29, 0.717) is 5.69 Å². The summed E-state index contributed by atoms with van der Waals surface area (Å²) in [7, 11) is -3.80. The summed E-state index contributed by atoms with van der Waals surface area (Å²) in [5, 5.41) is 6.32. The Labute approximate surface area is 117 Å². The molecule has 102 valence electrons. The van der Waals surface area contributed by atoms with Gasteiger partial charge in [0.25, 0.3) is 0 Å². The first-order valence-corrected chi connectivity index (χ1v) is 7.40. The molecule has 4 N–H and O–H groups in total. The van der Waals surface area contributed by atoms with Gasteiger partial charge in [-0.15, -0.1) is 0 Å². The second-order valence-electron chi connectivity index (χ2n) is 3.71. The van der Waals surface area contributed by atoms with Crippen LogP contribution in [0.3, 0.4) is 0 Å². The van der Waals surface area contributed by atoms with E-state index in [0.717, 1.165) is 12.1 Å². The third-order valence-corrected chi connectivity index (χ3v) is 4.71. The maximum absolute atomic E-state index is 13.2. The number of anilines is 1. The van der Waals surface area contributed by atoms with Crippen LogP contribution in [0.5, 0.6) is 0 Å². The molecule has 0 aliphatic rings. The number of nitrogen functional groups attached to an aromatic ring is 1. The zero-order chi connectivity index (χ0) is 14.0. The zero-order valence-corrected chi connectivity index (χ0v) is 11.9. The summed E-state index contributed by atoms with van der Waals surface area (Å²) in [4.78, 5) is -0.120. The average Bonchev–Trinajstić information content (AvgIpc) is 2.84. The summed E-state index contributed by atoms with van der Waals surface area (Å²) >= 11 is 3.00. The molecule has 0 atom stereocenters. The SMILES string of the molecule is Nc1cc(S(=O)(=O)NCc2ccn[nH]2)c(Br)cc1F. The number of aromatic amines is 1. The van der Waals surface area contributed by atoms with Gasteiger partial charge in [0.05, 0.1) is 22.8 Å². The normalized spacial score (nSPS) is 11.7. The Morgan fingerprint density at radius 2 is 2.21 bits per heavy atom. The summed E-state index contributed by atoms with van der Waals surface area (Å²) < 4.78 is 39.8. The van der Waals surface area contributed by atoms with E-state index in [-0.39, 0.29) is 21.6 Å². The van der Waals surface area contributed by atoms with Crippen LogP contribution in [0, 0.1) is 5.82 Å². The van der Waals surface area contributed by atoms with Crippen molar-refractivity contribution in [2.75, 3.05) is 5.73 Å². The molecule has 0 fully saturated rings. The summed E-state index contributed by atoms with van der Waals surface area (Å²) in [6, 6.07) is 3.71. The lowest BCUT2D eigenvalue weighted by Crippen LogP contribution is -2.24. The fourth-order valence-corrected chi connectivity index (χ4v) is 3.44. The van der Waals surface area contributed by atoms with Gasteiger partial charge in [0.1, 0.15) is 5.82 Å². The number of benzene rings is 1. The lowest BCUT2D eigenvalue weighted by atomic mass is 10.3. The fraction of sp³-hybridized carbons (Fsp3) is 0.100. The van der Waals surface area contributed by atoms with Crippen molar-refractivity contribution in [1.29, 1.82) is 0 Å². The molecule has 2 aromatic rings. The van der Waals surface area contributed by atoms with Crippen molar-refractivity contribution in [1.82, 2.24) is 14.9 Å². The molecule has 1 aromatic heterocycles. The lowest BCUT2D eigenvalue weighted by molar-refractivity contribution is 0.579. The molecule has 0 bridgehead atoms. The number of hydrogen-bond donors (Lipinski definition) is 3. The van der Waals surface area contributed by atoms with Gasteiger partial charge >= 0.3 is 0 Å². The molecule has 0 aliphatic carbocycles. The molecule has 1 heterocycles. The summed E-state index contributed by atoms with van der Waals surface area (Å²) in [6.45, 7) is 0.0477. The van der Waals surface area contributed by atoms with Crippen LogP contribution < -0.4 is 10.5 Å². The number of hydrogen-bond acceptors (Lipinski definition) is 4. The van der Waals surface area contributed by atoms with E-state index in [1.807, 2.05) is 0 Å². The minimum Gasteiger partial charge on any atom is -0.396 e. The van der Waals surface area contributed by atoms with E-state index in [2.05, 4.69) is 30.8 Å². The smallest absolute Gasteiger partial charge is 0.242 e. The second-order valence-corrected chi connectivity index (χ2v) is 6.30. The van der Waals surface area contributed by atoms with Gasteiger partial charge in [0.2, 0.25) is 10.0 Å². The first-order valence-electron chi connectivity index (χ1n) is 5.12. The molecule has 0 saturated carbocycles. The Balaban J connectivity index is 2.27. The predicted octanol–water partition coefficient (Wildman–Crippen LogP) is 1.37. The molecule has 1 aromatic carbocycles. The van der Waals surface area contributed by atoms with Crippen LogP contribution in [0.15, 0.2) is 33.8 Å². The average molecular weight is 349 g/mol. The maximum atomic E-state index is 13.2. The van der Waals surface area contributed by atoms with Gasteiger partial charge in [0.15, 0.2) is 0 Å². The highest BCUT2D eigenvalue weighted by atomic mass is 79.9. The Bertz CT molecular complexity index is 688. The van der Waals surface area contributed by atoms with Crippen LogP contribution in [0.2, 0.25) is 0 Å². The van der Waals surface area contributed by atoms with E-state index in [9.17, 15) is 12.8 Å². The molecule has 0 amide bonds. The first kappa shape index (κ1) is 14.0. The van der Waals surface area contributed by atoms with Crippen molar-refractivity contribution in [3.63, 3.8) is 0 Å². The van der Waals surface area contributed by atoms with Crippen molar-refractivity contribution in [3.8, 4) is 0 Å². The molecule has 0 radical (unpaired) electrons. The minimum atomic E-state index is -3.80. The van der Waals surface area contributed by atoms with Gasteiger partial charge in [-0.25, -0.2) is 17.5 Å². The monoisotopic (exact) mass is 348 g/mol. The standard InChI is InChI=1S/C10H10BrFN4O2S/c11-7-3-8(12)9(13)4-10(7)19(17,18)15-5-6-1-2-14-16-6/h1-4,15H,5,13H2,(H,14,16). The second kappa shape index (κ2) is 5.27. The number of halogens is 2. The number of rotatable bonds is 4. The number of sulfonamides is 1. The van der Waals surface area contributed by atoms with Gasteiger partial charge in [-0.1, -0.05) is 0 Å². The van der Waals surface area contributed by atoms with E-state index >= 15 is 0 Å². The zero-order valence-electron chi connectivity index (χ0n) is 9.52. The fourth-order valence-electron chi connectivity index (χ4n) is 1.38. The molecule has 0 spiro atoms. The van der Waals surface area contributed by atoms with Crippen LogP contribution in [0.25, 0.3) is 0 Å². The van der Waals surface area contributed by atoms with Crippen LogP contribution in [0.1, 0.15) is 5.69 Å². The number of H-pyrrole nitrogens is 1. The summed E-state index contributed by atoms with van der Waals surface area (Å²) in [6.07, 6.45) is 1.51. The maximum Gasteiger partial charge on any atom is 0.242 e. The largest absolute Gasteiger partial charge is 0.396 e. The highest BCUT2D eigenvalue weighted by molar-refractivity contribution is 9.10. The van der Waals surface area contributed by atoms with Crippen molar-refractivity contribution in [2.24, 2.45) is 0 Å². The Hall–Kier alpha value is -1.45. The van der Waals surface area contributed by atoms with E-state index in [1.54, 1.807) is 6.07 Å². The number of nitrogens with zero attached hydrogens (tertiary/aromatic N) is 1. The molecule has 2 rings (SSSR count). The minimum absolute atomic E-state index is 0.0477. The lowest BCUT2D eigenvalue weighted by Gasteiger charge is -2.09. The Morgan fingerprint density at radius 3 is 2.84 bits per heavy atom. The van der Waals surface area contributed by atoms with Gasteiger partial charge in [-0.05, 0) is 34.1 Å². The van der Waals surface area contributed by atoms with Crippen LogP contribution in [0.4, 0.5) is 10.1 Å². The molecule has 0 unspecified atom stereocenters. The molecule has 19 heavy (non-hydrogen) atoms. The summed E-state index contributed by atoms with van der Waals surface area (Å²) in [5.41, 5.74) is 5.75. The topological polar surface area (TPSA) is 101 Å². The number of aromatic nitrogens is 2. The highest BCUT2D eigenvalue weighted by Gasteiger charge is 2.19. The molecular weight excluding hydrogens is 339 g/mol. The van der Waals surface area contributed by atoms with E-state index in [1.165, 1.54) is 6.20 Å². The van der Waals surface area contributed by atoms with Gasteiger partial charge in [-0.3, -0.25) is 5.10 Å². The molecule has 0 aliphatic heterocycles. The van der Waals surface area contributed by atoms with E-state index < -0.39 is 15.8 Å². The quantitative estimate of drug-likeness (QED) is 0.726. The third-order valence-electron chi connectivity index (χ3n) is 2.35. The molecule has 0 saturated heterocycles.